The van der Waals surface area contributed by atoms with E-state index in [0.29, 0.717) is 6.54 Å². The molecule has 0 spiro atoms. The van der Waals surface area contributed by atoms with Crippen LogP contribution in [0.25, 0.3) is 5.57 Å². The van der Waals surface area contributed by atoms with Gasteiger partial charge in [0.15, 0.2) is 0 Å². The molecule has 1 aliphatic heterocycles. The van der Waals surface area contributed by atoms with Gasteiger partial charge in [-0.2, -0.15) is 5.10 Å². The third kappa shape index (κ3) is 2.49. The van der Waals surface area contributed by atoms with Gasteiger partial charge in [-0.15, -0.1) is 0 Å². The lowest BCUT2D eigenvalue weighted by molar-refractivity contribution is -0.119. The largest absolute Gasteiger partial charge is 0.369 e. The van der Waals surface area contributed by atoms with Gasteiger partial charge in [0.1, 0.15) is 0 Å². The number of carbonyl (C=O) groups is 1. The molecule has 2 N–H and O–H groups in total. The van der Waals surface area contributed by atoms with Gasteiger partial charge in [-0.05, 0) is 12.0 Å². The van der Waals surface area contributed by atoms with E-state index in [2.05, 4.69) is 11.2 Å². The number of primary amides is 1. The normalized spacial score (nSPS) is 17.2. The molecule has 2 rings (SSSR count). The van der Waals surface area contributed by atoms with Crippen LogP contribution in [0.2, 0.25) is 0 Å². The summed E-state index contributed by atoms with van der Waals surface area (Å²) >= 11 is 0. The van der Waals surface area contributed by atoms with Crippen molar-refractivity contribution in [3.05, 3.63) is 24.0 Å². The first-order valence-corrected chi connectivity index (χ1v) is 5.34. The first kappa shape index (κ1) is 10.9. The number of nitrogens with two attached hydrogens (primary N) is 1. The summed E-state index contributed by atoms with van der Waals surface area (Å²) in [5.41, 5.74) is 7.63. The molecule has 0 saturated heterocycles. The van der Waals surface area contributed by atoms with Gasteiger partial charge in [-0.25, -0.2) is 0 Å². The highest BCUT2D eigenvalue weighted by molar-refractivity contribution is 5.76. The van der Waals surface area contributed by atoms with Crippen LogP contribution in [0.5, 0.6) is 0 Å². The molecule has 0 radical (unpaired) electrons. The van der Waals surface area contributed by atoms with Crippen LogP contribution in [0, 0.1) is 0 Å². The summed E-state index contributed by atoms with van der Waals surface area (Å²) in [6.07, 6.45) is 6.97. The Labute approximate surface area is 94.5 Å². The van der Waals surface area contributed by atoms with Crippen LogP contribution >= 0.6 is 0 Å². The Morgan fingerprint density at radius 1 is 1.62 bits per heavy atom. The van der Waals surface area contributed by atoms with E-state index in [0.717, 1.165) is 19.5 Å². The summed E-state index contributed by atoms with van der Waals surface area (Å²) in [5.74, 6) is -0.266. The Bertz CT molecular complexity index is 421. The molecular formula is C11H16N4O. The Kier molecular flexibility index (Phi) is 3.05. The first-order chi connectivity index (χ1) is 7.65. The maximum absolute atomic E-state index is 10.8. The highest BCUT2D eigenvalue weighted by atomic mass is 16.1. The number of rotatable bonds is 3. The summed E-state index contributed by atoms with van der Waals surface area (Å²) < 4.78 is 1.80. The SMILES string of the molecule is Cn1cc(C2=CCN(CC(N)=O)CC2)cn1. The number of aromatic nitrogens is 2. The zero-order valence-electron chi connectivity index (χ0n) is 9.39. The van der Waals surface area contributed by atoms with Crippen LogP contribution in [-0.4, -0.2) is 40.2 Å². The number of nitrogens with zero attached hydrogens (tertiary/aromatic N) is 3. The molecule has 5 nitrogen and oxygen atoms in total. The average molecular weight is 220 g/mol. The quantitative estimate of drug-likeness (QED) is 0.779. The molecule has 0 saturated carbocycles. The van der Waals surface area contributed by atoms with Gasteiger partial charge < -0.3 is 5.73 Å². The second kappa shape index (κ2) is 4.49. The summed E-state index contributed by atoms with van der Waals surface area (Å²) in [4.78, 5) is 12.8. The van der Waals surface area contributed by atoms with E-state index in [1.807, 2.05) is 24.3 Å². The first-order valence-electron chi connectivity index (χ1n) is 5.34. The van der Waals surface area contributed by atoms with Crippen molar-refractivity contribution in [1.82, 2.24) is 14.7 Å². The van der Waals surface area contributed by atoms with E-state index < -0.39 is 0 Å². The second-order valence-electron chi connectivity index (χ2n) is 4.08. The summed E-state index contributed by atoms with van der Waals surface area (Å²) in [7, 11) is 1.91. The molecule has 1 aromatic heterocycles. The van der Waals surface area contributed by atoms with Crippen molar-refractivity contribution in [2.45, 2.75) is 6.42 Å². The fourth-order valence-electron chi connectivity index (χ4n) is 1.92. The van der Waals surface area contributed by atoms with Gasteiger partial charge in [-0.3, -0.25) is 14.4 Å². The summed E-state index contributed by atoms with van der Waals surface area (Å²) in [5, 5.41) is 4.15. The van der Waals surface area contributed by atoms with E-state index in [9.17, 15) is 4.79 Å². The Morgan fingerprint density at radius 3 is 2.94 bits per heavy atom. The van der Waals surface area contributed by atoms with E-state index in [1.165, 1.54) is 11.1 Å². The van der Waals surface area contributed by atoms with Crippen LogP contribution in [0.1, 0.15) is 12.0 Å². The van der Waals surface area contributed by atoms with Crippen molar-refractivity contribution in [3.8, 4) is 0 Å². The molecule has 1 aromatic rings. The fourth-order valence-corrected chi connectivity index (χ4v) is 1.92. The highest BCUT2D eigenvalue weighted by Crippen LogP contribution is 2.21. The van der Waals surface area contributed by atoms with Gasteiger partial charge in [0.05, 0.1) is 12.7 Å². The van der Waals surface area contributed by atoms with Gasteiger partial charge in [0.2, 0.25) is 5.91 Å². The number of hydrogen-bond acceptors (Lipinski definition) is 3. The Balaban J connectivity index is 2.00. The monoisotopic (exact) mass is 220 g/mol. The molecule has 16 heavy (non-hydrogen) atoms. The third-order valence-electron chi connectivity index (χ3n) is 2.75. The minimum absolute atomic E-state index is 0.266. The van der Waals surface area contributed by atoms with Crippen molar-refractivity contribution < 1.29 is 4.79 Å². The van der Waals surface area contributed by atoms with Crippen LogP contribution < -0.4 is 5.73 Å². The number of hydrogen-bond donors (Lipinski definition) is 1. The average Bonchev–Trinajstić information content (AvgIpc) is 2.65. The molecule has 1 aliphatic rings. The topological polar surface area (TPSA) is 64.2 Å². The van der Waals surface area contributed by atoms with Crippen molar-refractivity contribution in [2.24, 2.45) is 12.8 Å². The van der Waals surface area contributed by atoms with Crippen LogP contribution in [0.4, 0.5) is 0 Å². The molecule has 0 fully saturated rings. The van der Waals surface area contributed by atoms with Gasteiger partial charge in [0.25, 0.3) is 0 Å². The van der Waals surface area contributed by atoms with Gasteiger partial charge in [-0.1, -0.05) is 6.08 Å². The van der Waals surface area contributed by atoms with Gasteiger partial charge in [0, 0.05) is 31.9 Å². The van der Waals surface area contributed by atoms with Crippen LogP contribution in [-0.2, 0) is 11.8 Å². The Hall–Kier alpha value is -1.62. The zero-order valence-corrected chi connectivity index (χ0v) is 9.39. The van der Waals surface area contributed by atoms with E-state index >= 15 is 0 Å². The van der Waals surface area contributed by atoms with Crippen molar-refractivity contribution >= 4 is 11.5 Å². The molecular weight excluding hydrogens is 204 g/mol. The zero-order chi connectivity index (χ0) is 11.5. The van der Waals surface area contributed by atoms with Crippen LogP contribution in [0.15, 0.2) is 18.5 Å². The minimum atomic E-state index is -0.266. The smallest absolute Gasteiger partial charge is 0.231 e. The minimum Gasteiger partial charge on any atom is -0.369 e. The van der Waals surface area contributed by atoms with Crippen molar-refractivity contribution in [1.29, 1.82) is 0 Å². The van der Waals surface area contributed by atoms with Crippen molar-refractivity contribution in [3.63, 3.8) is 0 Å². The summed E-state index contributed by atoms with van der Waals surface area (Å²) in [6.45, 7) is 2.01. The van der Waals surface area contributed by atoms with Gasteiger partial charge >= 0.3 is 0 Å². The molecule has 0 unspecified atom stereocenters. The number of aryl methyl sites for hydroxylation is 1. The molecule has 0 aliphatic carbocycles. The lowest BCUT2D eigenvalue weighted by Crippen LogP contribution is -2.36. The van der Waals surface area contributed by atoms with Crippen LogP contribution in [0.3, 0.4) is 0 Å². The fraction of sp³-hybridized carbons (Fsp3) is 0.455. The molecule has 5 heteroatoms. The van der Waals surface area contributed by atoms with E-state index in [4.69, 9.17) is 5.73 Å². The molecule has 86 valence electrons. The van der Waals surface area contributed by atoms with E-state index in [-0.39, 0.29) is 5.91 Å². The predicted molar refractivity (Wildman–Crippen MR) is 61.4 cm³/mol. The lowest BCUT2D eigenvalue weighted by Gasteiger charge is -2.24. The number of amides is 1. The maximum atomic E-state index is 10.8. The molecule has 0 bridgehead atoms. The molecule has 1 amide bonds. The van der Waals surface area contributed by atoms with E-state index in [1.54, 1.807) is 4.68 Å². The molecule has 0 atom stereocenters. The second-order valence-corrected chi connectivity index (χ2v) is 4.08. The predicted octanol–water partition coefficient (Wildman–Crippen LogP) is -0.00550. The third-order valence-corrected chi connectivity index (χ3v) is 2.75. The highest BCUT2D eigenvalue weighted by Gasteiger charge is 2.14. The summed E-state index contributed by atoms with van der Waals surface area (Å²) in [6, 6.07) is 0. The molecule has 2 heterocycles. The number of carbonyl (C=O) groups excluding carboxylic acids is 1. The van der Waals surface area contributed by atoms with Crippen molar-refractivity contribution in [2.75, 3.05) is 19.6 Å². The Morgan fingerprint density at radius 2 is 2.44 bits per heavy atom. The maximum Gasteiger partial charge on any atom is 0.231 e. The standard InChI is InChI=1S/C11H16N4O/c1-14-7-10(6-13-14)9-2-4-15(5-3-9)8-11(12)16/h2,6-7H,3-5,8H2,1H3,(H2,12,16). The molecule has 0 aromatic carbocycles. The lowest BCUT2D eigenvalue weighted by atomic mass is 10.0.